The smallest absolute Gasteiger partial charge is 0.233 e. The SMILES string of the molecule is CCCCCCCC(CC)(OO)OO. The first-order chi connectivity index (χ1) is 6.74. The molecule has 0 saturated carbocycles. The zero-order valence-electron chi connectivity index (χ0n) is 9.16. The summed E-state index contributed by atoms with van der Waals surface area (Å²) in [6, 6.07) is 0. The molecule has 14 heavy (non-hydrogen) atoms. The summed E-state index contributed by atoms with van der Waals surface area (Å²) in [6.45, 7) is 3.95. The average Bonchev–Trinajstić information content (AvgIpc) is 2.24. The molecule has 0 unspecified atom stereocenters. The van der Waals surface area contributed by atoms with Gasteiger partial charge in [-0.1, -0.05) is 39.5 Å². The second kappa shape index (κ2) is 8.17. The standard InChI is InChI=1S/C10H22O4/c1-3-5-6-7-8-9-10(4-2,13-11)14-12/h11-12H,3-9H2,1-2H3. The third kappa shape index (κ3) is 4.91. The molecule has 0 atom stereocenters. The Balaban J connectivity index is 3.61. The van der Waals surface area contributed by atoms with Crippen molar-refractivity contribution in [2.45, 2.75) is 64.6 Å². The molecule has 0 aliphatic carbocycles. The van der Waals surface area contributed by atoms with Crippen LogP contribution in [-0.2, 0) is 9.78 Å². The highest BCUT2D eigenvalue weighted by Gasteiger charge is 2.30. The summed E-state index contributed by atoms with van der Waals surface area (Å²) in [5.41, 5.74) is 0. The van der Waals surface area contributed by atoms with Crippen LogP contribution in [0.15, 0.2) is 0 Å². The first-order valence-electron chi connectivity index (χ1n) is 5.39. The number of hydrogen-bond acceptors (Lipinski definition) is 4. The van der Waals surface area contributed by atoms with Gasteiger partial charge in [-0.15, -0.1) is 0 Å². The van der Waals surface area contributed by atoms with E-state index in [0.717, 1.165) is 12.8 Å². The summed E-state index contributed by atoms with van der Waals surface area (Å²) in [5, 5.41) is 17.2. The summed E-state index contributed by atoms with van der Waals surface area (Å²) in [4.78, 5) is 8.34. The second-order valence-corrected chi connectivity index (χ2v) is 3.61. The first kappa shape index (κ1) is 13.8. The molecule has 0 heterocycles. The Bertz CT molecular complexity index is 115. The van der Waals surface area contributed by atoms with E-state index < -0.39 is 5.79 Å². The molecule has 0 aromatic carbocycles. The molecule has 0 aliphatic rings. The molecule has 0 fully saturated rings. The van der Waals surface area contributed by atoms with Crippen LogP contribution in [-0.4, -0.2) is 16.3 Å². The molecule has 0 aromatic heterocycles. The third-order valence-corrected chi connectivity index (χ3v) is 2.53. The van der Waals surface area contributed by atoms with Gasteiger partial charge in [-0.3, -0.25) is 0 Å². The Kier molecular flexibility index (Phi) is 8.08. The van der Waals surface area contributed by atoms with Gasteiger partial charge in [0.15, 0.2) is 0 Å². The predicted molar refractivity (Wildman–Crippen MR) is 53.8 cm³/mol. The second-order valence-electron chi connectivity index (χ2n) is 3.61. The maximum absolute atomic E-state index is 8.59. The van der Waals surface area contributed by atoms with Gasteiger partial charge in [0.25, 0.3) is 0 Å². The van der Waals surface area contributed by atoms with Crippen LogP contribution in [0.2, 0.25) is 0 Å². The van der Waals surface area contributed by atoms with Crippen LogP contribution >= 0.6 is 0 Å². The van der Waals surface area contributed by atoms with E-state index in [4.69, 9.17) is 10.5 Å². The molecule has 0 spiro atoms. The average molecular weight is 206 g/mol. The predicted octanol–water partition coefficient (Wildman–Crippen LogP) is 3.43. The van der Waals surface area contributed by atoms with E-state index in [1.165, 1.54) is 19.3 Å². The van der Waals surface area contributed by atoms with E-state index >= 15 is 0 Å². The van der Waals surface area contributed by atoms with E-state index in [0.29, 0.717) is 12.8 Å². The van der Waals surface area contributed by atoms with Crippen molar-refractivity contribution in [2.75, 3.05) is 0 Å². The molecule has 86 valence electrons. The van der Waals surface area contributed by atoms with Crippen molar-refractivity contribution in [2.24, 2.45) is 0 Å². The topological polar surface area (TPSA) is 58.9 Å². The van der Waals surface area contributed by atoms with Crippen LogP contribution in [0.5, 0.6) is 0 Å². The first-order valence-corrected chi connectivity index (χ1v) is 5.39. The summed E-state index contributed by atoms with van der Waals surface area (Å²) in [6.07, 6.45) is 6.49. The van der Waals surface area contributed by atoms with Gasteiger partial charge in [0, 0.05) is 12.8 Å². The minimum absolute atomic E-state index is 0.424. The molecule has 0 bridgehead atoms. The Labute approximate surface area is 85.7 Å². The molecule has 0 radical (unpaired) electrons. The maximum Gasteiger partial charge on any atom is 0.233 e. The molecule has 4 nitrogen and oxygen atoms in total. The summed E-state index contributed by atoms with van der Waals surface area (Å²) < 4.78 is 0. The highest BCUT2D eigenvalue weighted by atomic mass is 17.2. The van der Waals surface area contributed by atoms with Crippen molar-refractivity contribution in [1.29, 1.82) is 0 Å². The van der Waals surface area contributed by atoms with Crippen LogP contribution in [0.3, 0.4) is 0 Å². The zero-order chi connectivity index (χ0) is 10.9. The van der Waals surface area contributed by atoms with Crippen molar-refractivity contribution >= 4 is 0 Å². The van der Waals surface area contributed by atoms with Gasteiger partial charge in [0.05, 0.1) is 0 Å². The van der Waals surface area contributed by atoms with E-state index in [2.05, 4.69) is 16.7 Å². The van der Waals surface area contributed by atoms with Gasteiger partial charge in [-0.25, -0.2) is 20.3 Å². The molecular weight excluding hydrogens is 184 g/mol. The van der Waals surface area contributed by atoms with E-state index in [1.807, 2.05) is 0 Å². The minimum Gasteiger partial charge on any atom is -0.249 e. The van der Waals surface area contributed by atoms with Crippen LogP contribution in [0.4, 0.5) is 0 Å². The normalized spacial score (nSPS) is 12.0. The fourth-order valence-corrected chi connectivity index (χ4v) is 1.41. The number of rotatable bonds is 9. The molecule has 4 heteroatoms. The number of hydrogen-bond donors (Lipinski definition) is 2. The lowest BCUT2D eigenvalue weighted by atomic mass is 10.0. The van der Waals surface area contributed by atoms with Gasteiger partial charge in [-0.05, 0) is 6.42 Å². The Morgan fingerprint density at radius 2 is 1.50 bits per heavy atom. The van der Waals surface area contributed by atoms with Crippen molar-refractivity contribution in [3.8, 4) is 0 Å². The van der Waals surface area contributed by atoms with Crippen LogP contribution in [0, 0.1) is 0 Å². The highest BCUT2D eigenvalue weighted by Crippen LogP contribution is 2.23. The van der Waals surface area contributed by atoms with Crippen molar-refractivity contribution in [3.63, 3.8) is 0 Å². The fraction of sp³-hybridized carbons (Fsp3) is 1.00. The van der Waals surface area contributed by atoms with E-state index in [-0.39, 0.29) is 0 Å². The Morgan fingerprint density at radius 1 is 0.929 bits per heavy atom. The van der Waals surface area contributed by atoms with Gasteiger partial charge < -0.3 is 0 Å². The summed E-state index contributed by atoms with van der Waals surface area (Å²) in [7, 11) is 0. The van der Waals surface area contributed by atoms with Crippen molar-refractivity contribution in [1.82, 2.24) is 0 Å². The molecule has 0 aliphatic heterocycles. The Hall–Kier alpha value is -0.160. The lowest BCUT2D eigenvalue weighted by Crippen LogP contribution is -2.33. The van der Waals surface area contributed by atoms with Gasteiger partial charge in [0.2, 0.25) is 5.79 Å². The molecular formula is C10H22O4. The molecule has 0 saturated heterocycles. The lowest BCUT2D eigenvalue weighted by molar-refractivity contribution is -0.488. The van der Waals surface area contributed by atoms with Crippen molar-refractivity contribution < 1.29 is 20.3 Å². The third-order valence-electron chi connectivity index (χ3n) is 2.53. The summed E-state index contributed by atoms with van der Waals surface area (Å²) in [5.74, 6) is -1.22. The van der Waals surface area contributed by atoms with E-state index in [1.54, 1.807) is 6.92 Å². The Morgan fingerprint density at radius 3 is 1.93 bits per heavy atom. The van der Waals surface area contributed by atoms with Crippen LogP contribution < -0.4 is 0 Å². The molecule has 0 amide bonds. The van der Waals surface area contributed by atoms with Gasteiger partial charge in [0.1, 0.15) is 0 Å². The van der Waals surface area contributed by atoms with E-state index in [9.17, 15) is 0 Å². The highest BCUT2D eigenvalue weighted by molar-refractivity contribution is 4.64. The van der Waals surface area contributed by atoms with Gasteiger partial charge >= 0.3 is 0 Å². The lowest BCUT2D eigenvalue weighted by Gasteiger charge is -2.24. The van der Waals surface area contributed by atoms with Gasteiger partial charge in [-0.2, -0.15) is 0 Å². The number of unbranched alkanes of at least 4 members (excludes halogenated alkanes) is 4. The van der Waals surface area contributed by atoms with Crippen molar-refractivity contribution in [3.05, 3.63) is 0 Å². The van der Waals surface area contributed by atoms with Crippen LogP contribution in [0.25, 0.3) is 0 Å². The van der Waals surface area contributed by atoms with Crippen LogP contribution in [0.1, 0.15) is 58.8 Å². The quantitative estimate of drug-likeness (QED) is 0.262. The minimum atomic E-state index is -1.22. The molecule has 2 N–H and O–H groups in total. The molecule has 0 rings (SSSR count). The maximum atomic E-state index is 8.59. The molecule has 0 aromatic rings. The summed E-state index contributed by atoms with van der Waals surface area (Å²) >= 11 is 0. The monoisotopic (exact) mass is 206 g/mol. The largest absolute Gasteiger partial charge is 0.249 e. The zero-order valence-corrected chi connectivity index (χ0v) is 9.16. The fourth-order valence-electron chi connectivity index (χ4n) is 1.41.